The highest BCUT2D eigenvalue weighted by Gasteiger charge is 2.07. The number of amides is 1. The van der Waals surface area contributed by atoms with Crippen LogP contribution in [0.5, 0.6) is 0 Å². The van der Waals surface area contributed by atoms with Gasteiger partial charge in [-0.25, -0.2) is 4.79 Å². The lowest BCUT2D eigenvalue weighted by Crippen LogP contribution is -2.32. The molecule has 0 atom stereocenters. The number of carbonyl (C=O) groups is 1. The first kappa shape index (κ1) is 12.2. The van der Waals surface area contributed by atoms with Gasteiger partial charge in [0.05, 0.1) is 6.42 Å². The van der Waals surface area contributed by atoms with E-state index in [1.807, 2.05) is 13.8 Å². The van der Waals surface area contributed by atoms with Crippen molar-refractivity contribution in [3.8, 4) is 0 Å². The van der Waals surface area contributed by atoms with Crippen molar-refractivity contribution >= 4 is 5.91 Å². The summed E-state index contributed by atoms with van der Waals surface area (Å²) in [6, 6.07) is 0. The first-order valence-corrected chi connectivity index (χ1v) is 5.06. The van der Waals surface area contributed by atoms with Gasteiger partial charge in [-0.15, -0.1) is 0 Å². The maximum Gasteiger partial charge on any atom is 0.325 e. The quantitative estimate of drug-likeness (QED) is 0.637. The fourth-order valence-electron chi connectivity index (χ4n) is 1.12. The zero-order chi connectivity index (χ0) is 12.1. The molecule has 0 unspecified atom stereocenters. The molecule has 0 bridgehead atoms. The van der Waals surface area contributed by atoms with E-state index in [0.29, 0.717) is 12.5 Å². The lowest BCUT2D eigenvalue weighted by atomic mass is 10.2. The highest BCUT2D eigenvalue weighted by atomic mass is 16.2. The molecule has 6 nitrogen and oxygen atoms in total. The first-order valence-electron chi connectivity index (χ1n) is 5.06. The van der Waals surface area contributed by atoms with Crippen LogP contribution in [-0.4, -0.2) is 22.4 Å². The third-order valence-corrected chi connectivity index (χ3v) is 1.95. The maximum absolute atomic E-state index is 11.4. The Morgan fingerprint density at radius 3 is 2.69 bits per heavy atom. The van der Waals surface area contributed by atoms with Crippen molar-refractivity contribution in [2.45, 2.75) is 20.3 Å². The average molecular weight is 225 g/mol. The minimum absolute atomic E-state index is 0.0289. The lowest BCUT2D eigenvalue weighted by Gasteiger charge is -2.06. The molecule has 0 saturated carbocycles. The first-order chi connectivity index (χ1) is 7.49. The number of H-pyrrole nitrogens is 2. The molecular formula is C10H15N3O3. The van der Waals surface area contributed by atoms with Gasteiger partial charge in [-0.1, -0.05) is 13.8 Å². The number of aromatic nitrogens is 2. The number of carbonyl (C=O) groups excluding carboxylic acids is 1. The van der Waals surface area contributed by atoms with Gasteiger partial charge in [0.25, 0.3) is 5.56 Å². The highest BCUT2D eigenvalue weighted by Crippen LogP contribution is 1.90. The Morgan fingerprint density at radius 1 is 1.44 bits per heavy atom. The van der Waals surface area contributed by atoms with Crippen LogP contribution in [0.25, 0.3) is 0 Å². The normalized spacial score (nSPS) is 10.4. The molecule has 0 aliphatic carbocycles. The molecule has 3 N–H and O–H groups in total. The Kier molecular flexibility index (Phi) is 4.04. The molecule has 0 spiro atoms. The molecule has 1 amide bonds. The highest BCUT2D eigenvalue weighted by molar-refractivity contribution is 5.78. The zero-order valence-electron chi connectivity index (χ0n) is 9.29. The van der Waals surface area contributed by atoms with Gasteiger partial charge < -0.3 is 10.3 Å². The molecule has 1 rings (SSSR count). The van der Waals surface area contributed by atoms with Crippen molar-refractivity contribution in [1.82, 2.24) is 15.3 Å². The Hall–Kier alpha value is -1.85. The van der Waals surface area contributed by atoms with Gasteiger partial charge in [0.2, 0.25) is 5.91 Å². The predicted octanol–water partition coefficient (Wildman–Crippen LogP) is -0.622. The fourth-order valence-corrected chi connectivity index (χ4v) is 1.12. The van der Waals surface area contributed by atoms with Gasteiger partial charge in [0.1, 0.15) is 0 Å². The molecule has 16 heavy (non-hydrogen) atoms. The van der Waals surface area contributed by atoms with E-state index in [2.05, 4.69) is 15.3 Å². The van der Waals surface area contributed by atoms with Crippen molar-refractivity contribution in [3.05, 3.63) is 32.6 Å². The van der Waals surface area contributed by atoms with Crippen molar-refractivity contribution < 1.29 is 4.79 Å². The van der Waals surface area contributed by atoms with Crippen molar-refractivity contribution in [2.24, 2.45) is 5.92 Å². The Morgan fingerprint density at radius 2 is 2.12 bits per heavy atom. The van der Waals surface area contributed by atoms with Crippen LogP contribution in [0.3, 0.4) is 0 Å². The summed E-state index contributed by atoms with van der Waals surface area (Å²) in [5.41, 5.74) is -0.847. The Bertz CT molecular complexity index is 473. The largest absolute Gasteiger partial charge is 0.356 e. The second-order valence-electron chi connectivity index (χ2n) is 3.97. The summed E-state index contributed by atoms with van der Waals surface area (Å²) >= 11 is 0. The van der Waals surface area contributed by atoms with E-state index in [-0.39, 0.29) is 17.9 Å². The standard InChI is InChI=1S/C10H15N3O3/c1-6(2)4-11-8(14)3-7-5-12-10(16)13-9(7)15/h5-6H,3-4H2,1-2H3,(H,11,14)(H2,12,13,15,16). The van der Waals surface area contributed by atoms with Crippen LogP contribution in [-0.2, 0) is 11.2 Å². The molecule has 0 aromatic carbocycles. The molecule has 0 fully saturated rings. The van der Waals surface area contributed by atoms with E-state index in [9.17, 15) is 14.4 Å². The number of rotatable bonds is 4. The number of aromatic amines is 2. The van der Waals surface area contributed by atoms with Crippen LogP contribution in [0.4, 0.5) is 0 Å². The number of hydrogen-bond donors (Lipinski definition) is 3. The smallest absolute Gasteiger partial charge is 0.325 e. The van der Waals surface area contributed by atoms with Crippen LogP contribution in [0, 0.1) is 5.92 Å². The molecule has 0 aliphatic heterocycles. The minimum atomic E-state index is -0.573. The predicted molar refractivity (Wildman–Crippen MR) is 59.2 cm³/mol. The molecule has 1 heterocycles. The van der Waals surface area contributed by atoms with Crippen molar-refractivity contribution in [2.75, 3.05) is 6.54 Å². The van der Waals surface area contributed by atoms with Crippen LogP contribution in [0.2, 0.25) is 0 Å². The fraction of sp³-hybridized carbons (Fsp3) is 0.500. The molecule has 0 saturated heterocycles. The third-order valence-electron chi connectivity index (χ3n) is 1.95. The van der Waals surface area contributed by atoms with E-state index in [0.717, 1.165) is 0 Å². The monoisotopic (exact) mass is 225 g/mol. The summed E-state index contributed by atoms with van der Waals surface area (Å²) in [7, 11) is 0. The topological polar surface area (TPSA) is 94.8 Å². The molecule has 0 aliphatic rings. The van der Waals surface area contributed by atoms with Gasteiger partial charge in [0, 0.05) is 18.3 Å². The summed E-state index contributed by atoms with van der Waals surface area (Å²) in [5.74, 6) is 0.129. The van der Waals surface area contributed by atoms with E-state index in [4.69, 9.17) is 0 Å². The molecule has 1 aromatic rings. The number of hydrogen-bond acceptors (Lipinski definition) is 3. The second-order valence-corrected chi connectivity index (χ2v) is 3.97. The minimum Gasteiger partial charge on any atom is -0.356 e. The van der Waals surface area contributed by atoms with Gasteiger partial charge in [-0.3, -0.25) is 14.6 Å². The van der Waals surface area contributed by atoms with Crippen LogP contribution in [0.15, 0.2) is 15.8 Å². The molecule has 1 aromatic heterocycles. The average Bonchev–Trinajstić information content (AvgIpc) is 2.19. The zero-order valence-corrected chi connectivity index (χ0v) is 9.29. The van der Waals surface area contributed by atoms with E-state index in [1.54, 1.807) is 0 Å². The SMILES string of the molecule is CC(C)CNC(=O)Cc1c[nH]c(=O)[nH]c1=O. The number of nitrogens with one attached hydrogen (secondary N) is 3. The Balaban J connectivity index is 2.63. The van der Waals surface area contributed by atoms with Crippen LogP contribution in [0.1, 0.15) is 19.4 Å². The Labute approximate surface area is 92.1 Å². The van der Waals surface area contributed by atoms with E-state index in [1.165, 1.54) is 6.20 Å². The summed E-state index contributed by atoms with van der Waals surface area (Å²) in [6.07, 6.45) is 1.23. The molecular weight excluding hydrogens is 210 g/mol. The van der Waals surface area contributed by atoms with Crippen molar-refractivity contribution in [1.29, 1.82) is 0 Å². The third kappa shape index (κ3) is 3.72. The van der Waals surface area contributed by atoms with Crippen LogP contribution >= 0.6 is 0 Å². The van der Waals surface area contributed by atoms with Gasteiger partial charge in [-0.2, -0.15) is 0 Å². The van der Waals surface area contributed by atoms with E-state index >= 15 is 0 Å². The molecule has 88 valence electrons. The summed E-state index contributed by atoms with van der Waals surface area (Å²) in [5, 5.41) is 2.69. The summed E-state index contributed by atoms with van der Waals surface area (Å²) < 4.78 is 0. The molecule has 0 radical (unpaired) electrons. The summed E-state index contributed by atoms with van der Waals surface area (Å²) in [6.45, 7) is 4.53. The van der Waals surface area contributed by atoms with Crippen LogP contribution < -0.4 is 16.6 Å². The van der Waals surface area contributed by atoms with Crippen molar-refractivity contribution in [3.63, 3.8) is 0 Å². The molecule has 6 heteroatoms. The van der Waals surface area contributed by atoms with Gasteiger partial charge >= 0.3 is 5.69 Å². The maximum atomic E-state index is 11.4. The lowest BCUT2D eigenvalue weighted by molar-refractivity contribution is -0.120. The second kappa shape index (κ2) is 5.29. The van der Waals surface area contributed by atoms with E-state index < -0.39 is 11.2 Å². The van der Waals surface area contributed by atoms with Gasteiger partial charge in [-0.05, 0) is 5.92 Å². The summed E-state index contributed by atoms with van der Waals surface area (Å²) in [4.78, 5) is 37.8. The van der Waals surface area contributed by atoms with Gasteiger partial charge in [0.15, 0.2) is 0 Å².